The lowest BCUT2D eigenvalue weighted by Gasteiger charge is -2.21. The lowest BCUT2D eigenvalue weighted by molar-refractivity contribution is 0.144. The van der Waals surface area contributed by atoms with Crippen molar-refractivity contribution in [3.63, 3.8) is 0 Å². The van der Waals surface area contributed by atoms with Crippen LogP contribution in [-0.2, 0) is 0 Å². The van der Waals surface area contributed by atoms with Gasteiger partial charge < -0.3 is 15.1 Å². The maximum Gasteiger partial charge on any atom is 0.511 e. The summed E-state index contributed by atoms with van der Waals surface area (Å²) >= 11 is 0. The first-order valence-electron chi connectivity index (χ1n) is 11.2. The average molecular weight is 467 g/mol. The van der Waals surface area contributed by atoms with Crippen molar-refractivity contribution in [1.29, 1.82) is 0 Å². The SMILES string of the molecule is Cc1cc(/C(C[C@@H](c2ccc(-c3ccc(OC(=O)O)cc3)cc2)c2ccccc2C)=N\O)ccn1. The van der Waals surface area contributed by atoms with Gasteiger partial charge in [0.25, 0.3) is 0 Å². The molecule has 0 aliphatic rings. The van der Waals surface area contributed by atoms with Crippen molar-refractivity contribution < 1.29 is 19.8 Å². The zero-order valence-corrected chi connectivity index (χ0v) is 19.6. The minimum absolute atomic E-state index is 0.0176. The van der Waals surface area contributed by atoms with E-state index in [9.17, 15) is 10.0 Å². The summed E-state index contributed by atoms with van der Waals surface area (Å²) in [5, 5.41) is 22.3. The van der Waals surface area contributed by atoms with E-state index >= 15 is 0 Å². The second kappa shape index (κ2) is 10.7. The second-order valence-electron chi connectivity index (χ2n) is 8.36. The number of aromatic nitrogens is 1. The van der Waals surface area contributed by atoms with Gasteiger partial charge in [0, 0.05) is 29.8 Å². The molecular weight excluding hydrogens is 440 g/mol. The van der Waals surface area contributed by atoms with Crippen LogP contribution >= 0.6 is 0 Å². The Kier molecular flexibility index (Phi) is 7.21. The van der Waals surface area contributed by atoms with Crippen LogP contribution < -0.4 is 4.74 Å². The summed E-state index contributed by atoms with van der Waals surface area (Å²) in [6.45, 7) is 4.00. The predicted octanol–water partition coefficient (Wildman–Crippen LogP) is 6.82. The van der Waals surface area contributed by atoms with E-state index in [-0.39, 0.29) is 11.7 Å². The molecule has 1 atom stereocenters. The number of pyridine rings is 1. The van der Waals surface area contributed by atoms with Gasteiger partial charge in [-0.1, -0.05) is 65.8 Å². The molecule has 0 unspecified atom stereocenters. The summed E-state index contributed by atoms with van der Waals surface area (Å²) in [4.78, 5) is 15.0. The van der Waals surface area contributed by atoms with Gasteiger partial charge in [0.05, 0.1) is 5.71 Å². The number of oxime groups is 1. The van der Waals surface area contributed by atoms with Crippen LogP contribution in [0.2, 0.25) is 0 Å². The van der Waals surface area contributed by atoms with Gasteiger partial charge >= 0.3 is 6.16 Å². The van der Waals surface area contributed by atoms with Crippen LogP contribution in [-0.4, -0.2) is 27.2 Å². The van der Waals surface area contributed by atoms with Crippen LogP contribution in [0.25, 0.3) is 11.1 Å². The Labute approximate surface area is 204 Å². The number of carbonyl (C=O) groups is 1. The third-order valence-electron chi connectivity index (χ3n) is 6.02. The van der Waals surface area contributed by atoms with Gasteiger partial charge in [0.1, 0.15) is 5.75 Å². The molecule has 2 N–H and O–H groups in total. The molecule has 0 saturated heterocycles. The summed E-state index contributed by atoms with van der Waals surface area (Å²) in [6.07, 6.45) is 0.906. The first-order valence-corrected chi connectivity index (χ1v) is 11.2. The number of hydrogen-bond donors (Lipinski definition) is 2. The minimum atomic E-state index is -1.34. The van der Waals surface area contributed by atoms with Crippen molar-refractivity contribution in [2.75, 3.05) is 0 Å². The fraction of sp³-hybridized carbons (Fsp3) is 0.138. The first-order chi connectivity index (χ1) is 16.9. The minimum Gasteiger partial charge on any atom is -0.449 e. The highest BCUT2D eigenvalue weighted by molar-refractivity contribution is 6.01. The van der Waals surface area contributed by atoms with Crippen molar-refractivity contribution in [1.82, 2.24) is 4.98 Å². The summed E-state index contributed by atoms with van der Waals surface area (Å²) < 4.78 is 4.69. The molecule has 0 saturated carbocycles. The van der Waals surface area contributed by atoms with Crippen molar-refractivity contribution >= 4 is 11.9 Å². The maximum absolute atomic E-state index is 10.7. The smallest absolute Gasteiger partial charge is 0.449 e. The van der Waals surface area contributed by atoms with Crippen molar-refractivity contribution in [2.45, 2.75) is 26.2 Å². The summed E-state index contributed by atoms with van der Waals surface area (Å²) in [6, 6.07) is 27.2. The Morgan fingerprint density at radius 3 is 2.20 bits per heavy atom. The first kappa shape index (κ1) is 23.7. The van der Waals surface area contributed by atoms with Crippen LogP contribution in [0.1, 0.15) is 40.3 Å². The number of benzene rings is 3. The van der Waals surface area contributed by atoms with Crippen molar-refractivity contribution in [2.24, 2.45) is 5.16 Å². The van der Waals surface area contributed by atoms with E-state index in [1.54, 1.807) is 18.3 Å². The lowest BCUT2D eigenvalue weighted by atomic mass is 9.83. The van der Waals surface area contributed by atoms with Crippen LogP contribution in [0.5, 0.6) is 5.75 Å². The highest BCUT2D eigenvalue weighted by Gasteiger charge is 2.20. The fourth-order valence-electron chi connectivity index (χ4n) is 4.24. The molecule has 6 heteroatoms. The van der Waals surface area contributed by atoms with E-state index in [0.29, 0.717) is 12.1 Å². The standard InChI is InChI=1S/C29H26N2O4/c1-19-5-3-4-6-26(19)27(18-28(31-34)24-15-16-30-20(2)17-24)23-9-7-21(8-10-23)22-11-13-25(14-12-22)35-29(32)33/h3-17,27,34H,18H2,1-2H3,(H,32,33)/b31-28-/t27-/m0/s1. The predicted molar refractivity (Wildman–Crippen MR) is 135 cm³/mol. The molecule has 1 aromatic heterocycles. The maximum atomic E-state index is 10.7. The Balaban J connectivity index is 1.66. The molecule has 35 heavy (non-hydrogen) atoms. The molecule has 4 aromatic rings. The third kappa shape index (κ3) is 5.73. The fourth-order valence-corrected chi connectivity index (χ4v) is 4.24. The van der Waals surface area contributed by atoms with Crippen molar-refractivity contribution in [3.05, 3.63) is 119 Å². The van der Waals surface area contributed by atoms with Gasteiger partial charge in [-0.25, -0.2) is 4.79 Å². The van der Waals surface area contributed by atoms with Gasteiger partial charge in [-0.05, 0) is 65.9 Å². The highest BCUT2D eigenvalue weighted by atomic mass is 16.7. The Bertz CT molecular complexity index is 1350. The lowest BCUT2D eigenvalue weighted by Crippen LogP contribution is -2.12. The van der Waals surface area contributed by atoms with Gasteiger partial charge in [0.15, 0.2) is 0 Å². The zero-order valence-electron chi connectivity index (χ0n) is 19.6. The molecular formula is C29H26N2O4. The molecule has 176 valence electrons. The van der Waals surface area contributed by atoms with E-state index in [1.165, 1.54) is 11.1 Å². The zero-order chi connectivity index (χ0) is 24.8. The van der Waals surface area contributed by atoms with E-state index in [1.807, 2.05) is 55.5 Å². The monoisotopic (exact) mass is 466 g/mol. The Morgan fingerprint density at radius 2 is 1.60 bits per heavy atom. The Hall–Kier alpha value is -4.45. The summed E-state index contributed by atoms with van der Waals surface area (Å²) in [5.74, 6) is 0.260. The average Bonchev–Trinajstić information content (AvgIpc) is 2.86. The van der Waals surface area contributed by atoms with Crippen LogP contribution in [0.4, 0.5) is 4.79 Å². The molecule has 0 aliphatic carbocycles. The van der Waals surface area contributed by atoms with Crippen LogP contribution in [0, 0.1) is 13.8 Å². The topological polar surface area (TPSA) is 92.0 Å². The van der Waals surface area contributed by atoms with Crippen LogP contribution in [0.15, 0.2) is 96.3 Å². The third-order valence-corrected chi connectivity index (χ3v) is 6.02. The van der Waals surface area contributed by atoms with Crippen LogP contribution in [0.3, 0.4) is 0 Å². The number of ether oxygens (including phenoxy) is 1. The molecule has 3 aromatic carbocycles. The van der Waals surface area contributed by atoms with E-state index < -0.39 is 6.16 Å². The highest BCUT2D eigenvalue weighted by Crippen LogP contribution is 2.33. The molecule has 0 bridgehead atoms. The second-order valence-corrected chi connectivity index (χ2v) is 8.36. The molecule has 0 aliphatic heterocycles. The molecule has 4 rings (SSSR count). The van der Waals surface area contributed by atoms with Crippen molar-refractivity contribution in [3.8, 4) is 16.9 Å². The molecule has 0 fully saturated rings. The van der Waals surface area contributed by atoms with Gasteiger partial charge in [-0.3, -0.25) is 4.98 Å². The number of carboxylic acid groups (broad SMARTS) is 1. The molecule has 6 nitrogen and oxygen atoms in total. The summed E-state index contributed by atoms with van der Waals surface area (Å²) in [7, 11) is 0. The van der Waals surface area contributed by atoms with E-state index in [0.717, 1.165) is 27.9 Å². The number of nitrogens with zero attached hydrogens (tertiary/aromatic N) is 2. The molecule has 0 spiro atoms. The number of aryl methyl sites for hydroxylation is 2. The van der Waals surface area contributed by atoms with Gasteiger partial charge in [0.2, 0.25) is 0 Å². The quantitative estimate of drug-likeness (QED) is 0.102. The molecule has 0 radical (unpaired) electrons. The van der Waals surface area contributed by atoms with Gasteiger partial charge in [-0.15, -0.1) is 0 Å². The molecule has 1 heterocycles. The number of hydrogen-bond acceptors (Lipinski definition) is 5. The van der Waals surface area contributed by atoms with Gasteiger partial charge in [-0.2, -0.15) is 0 Å². The largest absolute Gasteiger partial charge is 0.511 e. The van der Waals surface area contributed by atoms with E-state index in [4.69, 9.17) is 5.11 Å². The normalized spacial score (nSPS) is 12.2. The number of rotatable bonds is 7. The Morgan fingerprint density at radius 1 is 0.943 bits per heavy atom. The summed E-state index contributed by atoms with van der Waals surface area (Å²) in [5.41, 5.74) is 7.69. The molecule has 0 amide bonds. The van der Waals surface area contributed by atoms with E-state index in [2.05, 4.69) is 46.1 Å².